The van der Waals surface area contributed by atoms with E-state index in [4.69, 9.17) is 4.74 Å². The Hall–Kier alpha value is -3.29. The summed E-state index contributed by atoms with van der Waals surface area (Å²) in [7, 11) is 0. The minimum absolute atomic E-state index is 0.0243. The van der Waals surface area contributed by atoms with Crippen LogP contribution in [0, 0.1) is 5.41 Å². The zero-order valence-corrected chi connectivity index (χ0v) is 22.2. The number of benzene rings is 1. The second-order valence-electron chi connectivity index (χ2n) is 12.1. The van der Waals surface area contributed by atoms with Gasteiger partial charge in [-0.15, -0.1) is 0 Å². The van der Waals surface area contributed by atoms with E-state index in [1.165, 1.54) is 11.3 Å². The summed E-state index contributed by atoms with van der Waals surface area (Å²) in [5.74, 6) is -0.0243. The van der Waals surface area contributed by atoms with E-state index in [1.807, 2.05) is 50.8 Å². The molecule has 5 rings (SSSR count). The first-order valence-electron chi connectivity index (χ1n) is 12.9. The van der Waals surface area contributed by atoms with Gasteiger partial charge in [0.15, 0.2) is 0 Å². The van der Waals surface area contributed by atoms with Crippen molar-refractivity contribution >= 4 is 22.9 Å². The number of hydrogen-bond donors (Lipinski definition) is 2. The quantitative estimate of drug-likeness (QED) is 0.518. The van der Waals surface area contributed by atoms with Crippen LogP contribution in [0.4, 0.5) is 4.79 Å². The lowest BCUT2D eigenvalue weighted by atomic mass is 9.76. The van der Waals surface area contributed by atoms with Gasteiger partial charge in [-0.1, -0.05) is 19.9 Å². The number of carbonyl (C=O) groups excluding carboxylic acids is 2. The first-order chi connectivity index (χ1) is 16.9. The van der Waals surface area contributed by atoms with Crippen LogP contribution in [-0.2, 0) is 17.6 Å². The molecular weight excluding hydrogens is 454 g/mol. The number of piperazine rings is 1. The molecule has 0 bridgehead atoms. The van der Waals surface area contributed by atoms with Gasteiger partial charge in [-0.05, 0) is 70.6 Å². The second-order valence-corrected chi connectivity index (χ2v) is 12.1. The zero-order valence-electron chi connectivity index (χ0n) is 22.2. The van der Waals surface area contributed by atoms with Gasteiger partial charge in [0, 0.05) is 53.4 Å². The Labute approximate surface area is 212 Å². The van der Waals surface area contributed by atoms with Crippen molar-refractivity contribution in [3.05, 3.63) is 41.1 Å². The third kappa shape index (κ3) is 4.73. The predicted molar refractivity (Wildman–Crippen MR) is 140 cm³/mol. The van der Waals surface area contributed by atoms with Crippen molar-refractivity contribution in [3.8, 4) is 11.4 Å². The molecule has 1 aliphatic heterocycles. The molecule has 3 aromatic rings. The van der Waals surface area contributed by atoms with E-state index in [9.17, 15) is 9.59 Å². The Morgan fingerprint density at radius 2 is 1.94 bits per heavy atom. The average molecular weight is 492 g/mol. The number of fused-ring (bicyclic) bond motifs is 2. The number of hydrogen-bond acceptors (Lipinski definition) is 4. The first-order valence-corrected chi connectivity index (χ1v) is 12.9. The van der Waals surface area contributed by atoms with Gasteiger partial charge in [-0.3, -0.25) is 9.89 Å². The van der Waals surface area contributed by atoms with Gasteiger partial charge >= 0.3 is 6.09 Å². The molecular formula is C28H37N5O3. The van der Waals surface area contributed by atoms with Crippen molar-refractivity contribution in [1.82, 2.24) is 25.0 Å². The summed E-state index contributed by atoms with van der Waals surface area (Å²) >= 11 is 0. The molecule has 1 atom stereocenters. The lowest BCUT2D eigenvalue weighted by Gasteiger charge is -2.40. The van der Waals surface area contributed by atoms with Crippen LogP contribution in [0.25, 0.3) is 22.3 Å². The van der Waals surface area contributed by atoms with Gasteiger partial charge in [-0.25, -0.2) is 4.79 Å². The Morgan fingerprint density at radius 3 is 2.67 bits per heavy atom. The molecule has 192 valence electrons. The molecule has 8 nitrogen and oxygen atoms in total. The van der Waals surface area contributed by atoms with Crippen molar-refractivity contribution in [3.63, 3.8) is 0 Å². The number of nitrogens with zero attached hydrogens (tertiary/aromatic N) is 3. The number of aromatic amines is 2. The third-order valence-corrected chi connectivity index (χ3v) is 7.32. The standard InChI is InChI=1S/C28H37N5O3/c1-17-16-32(26(35)36-27(2,3)4)11-12-33(17)25(34)19-8-7-18-13-22(29-21(18)14-19)24-20-9-10-28(5,6)15-23(20)30-31-24/h7-8,13-14,17,29H,9-12,15-16H2,1-6H3,(H,30,31)/t17-/m0/s1. The number of aromatic nitrogens is 3. The van der Waals surface area contributed by atoms with Gasteiger partial charge in [0.05, 0.1) is 5.69 Å². The van der Waals surface area contributed by atoms with E-state index in [-0.39, 0.29) is 18.0 Å². The SMILES string of the molecule is C[C@H]1CN(C(=O)OC(C)(C)C)CCN1C(=O)c1ccc2cc(-c3n[nH]c4c3CCC(C)(C)C4)[nH]c2c1. The Kier molecular flexibility index (Phi) is 5.88. The van der Waals surface area contributed by atoms with Gasteiger partial charge < -0.3 is 19.5 Å². The minimum Gasteiger partial charge on any atom is -0.444 e. The number of amides is 2. The molecule has 1 aliphatic carbocycles. The predicted octanol–water partition coefficient (Wildman–Crippen LogP) is 5.15. The summed E-state index contributed by atoms with van der Waals surface area (Å²) in [6.45, 7) is 13.5. The zero-order chi connectivity index (χ0) is 25.8. The summed E-state index contributed by atoms with van der Waals surface area (Å²) in [5, 5.41) is 8.95. The fourth-order valence-electron chi connectivity index (χ4n) is 5.38. The monoisotopic (exact) mass is 491 g/mol. The fraction of sp³-hybridized carbons (Fsp3) is 0.536. The van der Waals surface area contributed by atoms with Crippen LogP contribution in [0.3, 0.4) is 0 Å². The van der Waals surface area contributed by atoms with Gasteiger partial charge in [0.25, 0.3) is 5.91 Å². The van der Waals surface area contributed by atoms with Crippen molar-refractivity contribution in [1.29, 1.82) is 0 Å². The van der Waals surface area contributed by atoms with Gasteiger partial charge in [-0.2, -0.15) is 5.10 Å². The van der Waals surface area contributed by atoms with Crippen LogP contribution in [0.2, 0.25) is 0 Å². The molecule has 2 N–H and O–H groups in total. The Balaban J connectivity index is 1.32. The molecule has 0 saturated carbocycles. The molecule has 1 saturated heterocycles. The normalized spacial score (nSPS) is 19.9. The highest BCUT2D eigenvalue weighted by atomic mass is 16.6. The molecule has 1 aromatic carbocycles. The molecule has 0 spiro atoms. The maximum absolute atomic E-state index is 13.4. The number of nitrogens with one attached hydrogen (secondary N) is 2. The summed E-state index contributed by atoms with van der Waals surface area (Å²) in [6.07, 6.45) is 2.84. The summed E-state index contributed by atoms with van der Waals surface area (Å²) in [5.41, 5.74) is 5.81. The highest BCUT2D eigenvalue weighted by Crippen LogP contribution is 2.38. The smallest absolute Gasteiger partial charge is 0.410 e. The number of ether oxygens (including phenoxy) is 1. The minimum atomic E-state index is -0.538. The van der Waals surface area contributed by atoms with Gasteiger partial charge in [0.1, 0.15) is 11.3 Å². The number of rotatable bonds is 2. The highest BCUT2D eigenvalue weighted by Gasteiger charge is 2.33. The van der Waals surface area contributed by atoms with Crippen LogP contribution >= 0.6 is 0 Å². The van der Waals surface area contributed by atoms with E-state index in [2.05, 4.69) is 35.1 Å². The van der Waals surface area contributed by atoms with Crippen LogP contribution in [0.1, 0.15) is 69.6 Å². The topological polar surface area (TPSA) is 94.3 Å². The Morgan fingerprint density at radius 1 is 1.17 bits per heavy atom. The van der Waals surface area contributed by atoms with E-state index in [1.54, 1.807) is 4.90 Å². The number of H-pyrrole nitrogens is 2. The van der Waals surface area contributed by atoms with Crippen molar-refractivity contribution in [2.24, 2.45) is 5.41 Å². The summed E-state index contributed by atoms with van der Waals surface area (Å²) in [6, 6.07) is 7.82. The maximum atomic E-state index is 13.4. The van der Waals surface area contributed by atoms with Crippen LogP contribution in [0.15, 0.2) is 24.3 Å². The summed E-state index contributed by atoms with van der Waals surface area (Å²) in [4.78, 5) is 32.9. The van der Waals surface area contributed by atoms with E-state index >= 15 is 0 Å². The molecule has 8 heteroatoms. The van der Waals surface area contributed by atoms with Crippen molar-refractivity contribution in [2.75, 3.05) is 19.6 Å². The largest absolute Gasteiger partial charge is 0.444 e. The number of carbonyl (C=O) groups is 2. The highest BCUT2D eigenvalue weighted by molar-refractivity contribution is 5.99. The van der Waals surface area contributed by atoms with Crippen molar-refractivity contribution < 1.29 is 14.3 Å². The molecule has 0 unspecified atom stereocenters. The van der Waals surface area contributed by atoms with E-state index in [0.717, 1.165) is 41.6 Å². The lowest BCUT2D eigenvalue weighted by Crippen LogP contribution is -2.56. The first kappa shape index (κ1) is 24.4. The van der Waals surface area contributed by atoms with Gasteiger partial charge in [0.2, 0.25) is 0 Å². The molecule has 36 heavy (non-hydrogen) atoms. The molecule has 2 amide bonds. The van der Waals surface area contributed by atoms with E-state index in [0.29, 0.717) is 30.6 Å². The van der Waals surface area contributed by atoms with Crippen LogP contribution in [-0.4, -0.2) is 68.3 Å². The molecule has 3 heterocycles. The Bertz CT molecular complexity index is 1310. The average Bonchev–Trinajstić information content (AvgIpc) is 3.39. The van der Waals surface area contributed by atoms with Crippen LogP contribution in [0.5, 0.6) is 0 Å². The van der Waals surface area contributed by atoms with Crippen molar-refractivity contribution in [2.45, 2.75) is 72.4 Å². The lowest BCUT2D eigenvalue weighted by molar-refractivity contribution is 0.00617. The van der Waals surface area contributed by atoms with E-state index < -0.39 is 5.60 Å². The molecule has 0 radical (unpaired) electrons. The molecule has 2 aliphatic rings. The second kappa shape index (κ2) is 8.68. The molecule has 2 aromatic heterocycles. The summed E-state index contributed by atoms with van der Waals surface area (Å²) < 4.78 is 5.50. The third-order valence-electron chi connectivity index (χ3n) is 7.32. The van der Waals surface area contributed by atoms with Crippen LogP contribution < -0.4 is 0 Å². The fourth-order valence-corrected chi connectivity index (χ4v) is 5.38. The maximum Gasteiger partial charge on any atom is 0.410 e. The molecule has 1 fully saturated rings.